The first kappa shape index (κ1) is 13.4. The van der Waals surface area contributed by atoms with Gasteiger partial charge in [0.2, 0.25) is 0 Å². The van der Waals surface area contributed by atoms with Gasteiger partial charge in [0.25, 0.3) is 0 Å². The van der Waals surface area contributed by atoms with E-state index in [1.807, 2.05) is 0 Å². The van der Waals surface area contributed by atoms with Crippen LogP contribution in [0.25, 0.3) is 0 Å². The van der Waals surface area contributed by atoms with Crippen LogP contribution in [0.5, 0.6) is 5.75 Å². The van der Waals surface area contributed by atoms with Crippen molar-refractivity contribution in [3.05, 3.63) is 29.8 Å². The van der Waals surface area contributed by atoms with Gasteiger partial charge in [-0.1, -0.05) is 12.1 Å². The molecule has 0 aliphatic heterocycles. The van der Waals surface area contributed by atoms with Crippen LogP contribution in [-0.4, -0.2) is 12.9 Å². The van der Waals surface area contributed by atoms with Crippen LogP contribution in [0.4, 0.5) is 13.2 Å². The summed E-state index contributed by atoms with van der Waals surface area (Å²) in [6.45, 7) is 1.24. The lowest BCUT2D eigenvalue weighted by Gasteiger charge is -2.09. The molecule has 0 heterocycles. The normalized spacial score (nSPS) is 10.9. The van der Waals surface area contributed by atoms with Crippen LogP contribution in [0.3, 0.4) is 0 Å². The molecule has 0 unspecified atom stereocenters. The summed E-state index contributed by atoms with van der Waals surface area (Å²) in [4.78, 5) is 0. The molecule has 92 valence electrons. The largest absolute Gasteiger partial charge is 0.573 e. The average Bonchev–Trinajstić information content (AvgIpc) is 2.25. The Hall–Kier alpha value is -1.67. The highest BCUT2D eigenvalue weighted by atomic mass is 19.4. The van der Waals surface area contributed by atoms with Crippen LogP contribution < -0.4 is 10.1 Å². The van der Waals surface area contributed by atoms with Crippen molar-refractivity contribution in [3.63, 3.8) is 0 Å². The Morgan fingerprint density at radius 1 is 1.24 bits per heavy atom. The highest BCUT2D eigenvalue weighted by molar-refractivity contribution is 5.27. The Kier molecular flexibility index (Phi) is 4.85. The van der Waals surface area contributed by atoms with Gasteiger partial charge in [0, 0.05) is 19.5 Å². The molecule has 0 spiro atoms. The van der Waals surface area contributed by atoms with Gasteiger partial charge in [0.05, 0.1) is 0 Å². The van der Waals surface area contributed by atoms with Gasteiger partial charge in [-0.15, -0.1) is 25.5 Å². The maximum atomic E-state index is 11.9. The van der Waals surface area contributed by atoms with Crippen LogP contribution in [0.1, 0.15) is 12.0 Å². The zero-order valence-corrected chi connectivity index (χ0v) is 9.05. The molecule has 0 saturated heterocycles. The van der Waals surface area contributed by atoms with E-state index < -0.39 is 6.36 Å². The molecule has 0 atom stereocenters. The summed E-state index contributed by atoms with van der Waals surface area (Å²) in [6, 6.07) is 5.71. The first-order valence-corrected chi connectivity index (χ1v) is 5.00. The number of hydrogen-bond acceptors (Lipinski definition) is 2. The fraction of sp³-hybridized carbons (Fsp3) is 0.333. The monoisotopic (exact) mass is 243 g/mol. The minimum atomic E-state index is -4.65. The summed E-state index contributed by atoms with van der Waals surface area (Å²) in [6.07, 6.45) is 1.05. The Bertz CT molecular complexity index is 378. The summed E-state index contributed by atoms with van der Waals surface area (Å²) >= 11 is 0. The van der Waals surface area contributed by atoms with Crippen molar-refractivity contribution in [3.8, 4) is 18.1 Å². The second-order valence-corrected chi connectivity index (χ2v) is 3.32. The van der Waals surface area contributed by atoms with Crippen LogP contribution in [-0.2, 0) is 6.54 Å². The SMILES string of the molecule is C#CCCNCc1ccc(OC(F)(F)F)cc1. The fourth-order valence-electron chi connectivity index (χ4n) is 1.20. The Labute approximate surface area is 97.8 Å². The maximum Gasteiger partial charge on any atom is 0.573 e. The zero-order valence-electron chi connectivity index (χ0n) is 9.05. The first-order chi connectivity index (χ1) is 8.01. The smallest absolute Gasteiger partial charge is 0.406 e. The second-order valence-electron chi connectivity index (χ2n) is 3.32. The van der Waals surface area contributed by atoms with Crippen molar-refractivity contribution in [1.29, 1.82) is 0 Å². The van der Waals surface area contributed by atoms with Crippen LogP contribution >= 0.6 is 0 Å². The third-order valence-corrected chi connectivity index (χ3v) is 1.93. The van der Waals surface area contributed by atoms with E-state index in [-0.39, 0.29) is 5.75 Å². The van der Waals surface area contributed by atoms with E-state index in [2.05, 4.69) is 16.0 Å². The standard InChI is InChI=1S/C12H12F3NO/c1-2-3-8-16-9-10-4-6-11(7-5-10)17-12(13,14)15/h1,4-7,16H,3,8-9H2. The van der Waals surface area contributed by atoms with Crippen molar-refractivity contribution >= 4 is 0 Å². The molecule has 5 heteroatoms. The molecule has 2 nitrogen and oxygen atoms in total. The number of rotatable bonds is 5. The molecule has 0 saturated carbocycles. The lowest BCUT2D eigenvalue weighted by Crippen LogP contribution is -2.17. The summed E-state index contributed by atoms with van der Waals surface area (Å²) < 4.78 is 39.4. The van der Waals surface area contributed by atoms with E-state index in [9.17, 15) is 13.2 Å². The molecular formula is C12H12F3NO. The molecule has 1 aromatic carbocycles. The Morgan fingerprint density at radius 2 is 1.88 bits per heavy atom. The van der Waals surface area contributed by atoms with Crippen molar-refractivity contribution < 1.29 is 17.9 Å². The van der Waals surface area contributed by atoms with E-state index in [0.717, 1.165) is 5.56 Å². The van der Waals surface area contributed by atoms with Crippen molar-refractivity contribution in [2.24, 2.45) is 0 Å². The van der Waals surface area contributed by atoms with Gasteiger partial charge in [-0.3, -0.25) is 0 Å². The highest BCUT2D eigenvalue weighted by Gasteiger charge is 2.30. The number of halogens is 3. The van der Waals surface area contributed by atoms with Crippen molar-refractivity contribution in [2.75, 3.05) is 6.54 Å². The summed E-state index contributed by atoms with van der Waals surface area (Å²) in [5, 5.41) is 3.06. The number of alkyl halides is 3. The minimum absolute atomic E-state index is 0.218. The summed E-state index contributed by atoms with van der Waals surface area (Å²) in [7, 11) is 0. The number of hydrogen-bond donors (Lipinski definition) is 1. The van der Waals surface area contributed by atoms with E-state index in [0.29, 0.717) is 19.5 Å². The topological polar surface area (TPSA) is 21.3 Å². The number of benzene rings is 1. The maximum absolute atomic E-state index is 11.9. The fourth-order valence-corrected chi connectivity index (χ4v) is 1.20. The predicted molar refractivity (Wildman–Crippen MR) is 58.3 cm³/mol. The molecule has 0 radical (unpaired) electrons. The lowest BCUT2D eigenvalue weighted by atomic mass is 10.2. The Balaban J connectivity index is 2.43. The van der Waals surface area contributed by atoms with Gasteiger partial charge >= 0.3 is 6.36 Å². The molecule has 1 N–H and O–H groups in total. The lowest BCUT2D eigenvalue weighted by molar-refractivity contribution is -0.274. The molecule has 0 aliphatic carbocycles. The molecule has 0 amide bonds. The van der Waals surface area contributed by atoms with E-state index in [1.165, 1.54) is 12.1 Å². The van der Waals surface area contributed by atoms with Crippen LogP contribution in [0, 0.1) is 12.3 Å². The van der Waals surface area contributed by atoms with E-state index in [1.54, 1.807) is 12.1 Å². The number of ether oxygens (including phenoxy) is 1. The molecule has 0 aromatic heterocycles. The van der Waals surface area contributed by atoms with Gasteiger partial charge in [0.15, 0.2) is 0 Å². The number of terminal acetylenes is 1. The molecule has 0 bridgehead atoms. The molecule has 1 aromatic rings. The van der Waals surface area contributed by atoms with E-state index >= 15 is 0 Å². The quantitative estimate of drug-likeness (QED) is 0.634. The average molecular weight is 243 g/mol. The summed E-state index contributed by atoms with van der Waals surface area (Å²) in [5.74, 6) is 2.26. The predicted octanol–water partition coefficient (Wildman–Crippen LogP) is 2.70. The zero-order chi connectivity index (χ0) is 12.7. The third-order valence-electron chi connectivity index (χ3n) is 1.93. The second kappa shape index (κ2) is 6.16. The van der Waals surface area contributed by atoms with Gasteiger partial charge in [-0.25, -0.2) is 0 Å². The van der Waals surface area contributed by atoms with Crippen LogP contribution in [0.15, 0.2) is 24.3 Å². The first-order valence-electron chi connectivity index (χ1n) is 5.00. The van der Waals surface area contributed by atoms with Gasteiger partial charge < -0.3 is 10.1 Å². The van der Waals surface area contributed by atoms with E-state index in [4.69, 9.17) is 6.42 Å². The van der Waals surface area contributed by atoms with Gasteiger partial charge in [-0.2, -0.15) is 0 Å². The van der Waals surface area contributed by atoms with Crippen molar-refractivity contribution in [1.82, 2.24) is 5.32 Å². The minimum Gasteiger partial charge on any atom is -0.406 e. The van der Waals surface area contributed by atoms with Crippen LogP contribution in [0.2, 0.25) is 0 Å². The Morgan fingerprint density at radius 3 is 2.41 bits per heavy atom. The van der Waals surface area contributed by atoms with Crippen molar-refractivity contribution in [2.45, 2.75) is 19.3 Å². The molecule has 0 fully saturated rings. The number of nitrogens with one attached hydrogen (secondary N) is 1. The molecule has 1 rings (SSSR count). The highest BCUT2D eigenvalue weighted by Crippen LogP contribution is 2.22. The summed E-state index contributed by atoms with van der Waals surface area (Å²) in [5.41, 5.74) is 0.872. The van der Waals surface area contributed by atoms with Gasteiger partial charge in [-0.05, 0) is 17.7 Å². The molecule has 0 aliphatic rings. The molecular weight excluding hydrogens is 231 g/mol. The molecule has 17 heavy (non-hydrogen) atoms. The third kappa shape index (κ3) is 5.83. The van der Waals surface area contributed by atoms with Gasteiger partial charge in [0.1, 0.15) is 5.75 Å².